The molecular formula is C17H20ClNO4. The Morgan fingerprint density at radius 2 is 1.61 bits per heavy atom. The molecule has 5 nitrogen and oxygen atoms in total. The highest BCUT2D eigenvalue weighted by Crippen LogP contribution is 2.41. The van der Waals surface area contributed by atoms with Gasteiger partial charge in [0.05, 0.1) is 21.3 Å². The largest absolute Gasteiger partial charge is 0.493 e. The Labute approximate surface area is 140 Å². The Morgan fingerprint density at radius 1 is 1.00 bits per heavy atom. The van der Waals surface area contributed by atoms with Gasteiger partial charge in [0.2, 0.25) is 5.75 Å². The molecule has 2 N–H and O–H groups in total. The second-order valence-corrected chi connectivity index (χ2v) is 5.28. The Morgan fingerprint density at radius 3 is 2.09 bits per heavy atom. The first kappa shape index (κ1) is 17.2. The number of ether oxygens (including phenoxy) is 3. The zero-order valence-corrected chi connectivity index (χ0v) is 14.3. The average Bonchev–Trinajstić information content (AvgIpc) is 2.59. The van der Waals surface area contributed by atoms with Crippen molar-refractivity contribution in [1.29, 1.82) is 0 Å². The van der Waals surface area contributed by atoms with Gasteiger partial charge < -0.3 is 24.6 Å². The van der Waals surface area contributed by atoms with Crippen molar-refractivity contribution in [3.05, 3.63) is 46.5 Å². The van der Waals surface area contributed by atoms with Crippen LogP contribution in [0.1, 0.15) is 17.2 Å². The highest BCUT2D eigenvalue weighted by molar-refractivity contribution is 6.30. The number of methoxy groups -OCH3 is 3. The Kier molecular flexibility index (Phi) is 5.58. The molecule has 0 aliphatic heterocycles. The first-order valence-electron chi connectivity index (χ1n) is 7.00. The molecule has 0 saturated heterocycles. The van der Waals surface area contributed by atoms with E-state index in [9.17, 15) is 5.11 Å². The van der Waals surface area contributed by atoms with Crippen LogP contribution in [0, 0.1) is 0 Å². The summed E-state index contributed by atoms with van der Waals surface area (Å²) in [6.45, 7) is 0. The lowest BCUT2D eigenvalue weighted by atomic mass is 9.99. The molecule has 0 aromatic heterocycles. The van der Waals surface area contributed by atoms with Crippen molar-refractivity contribution in [3.8, 4) is 17.2 Å². The normalized spacial score (nSPS) is 11.7. The van der Waals surface area contributed by atoms with Gasteiger partial charge in [0.25, 0.3) is 0 Å². The van der Waals surface area contributed by atoms with Gasteiger partial charge in [0.15, 0.2) is 11.5 Å². The fourth-order valence-corrected chi connectivity index (χ4v) is 2.61. The topological polar surface area (TPSA) is 60.0 Å². The third kappa shape index (κ3) is 3.46. The number of hydrogen-bond acceptors (Lipinski definition) is 5. The SMILES string of the molecule is CNc1ccc(Cl)cc1C(O)c1cc(OC)c(OC)c(OC)c1. The standard InChI is InChI=1S/C17H20ClNO4/c1-19-13-6-5-11(18)9-12(13)16(20)10-7-14(21-2)17(23-4)15(8-10)22-3/h5-9,16,19-20H,1-4H3. The number of halogens is 1. The van der Waals surface area contributed by atoms with Gasteiger partial charge in [-0.15, -0.1) is 0 Å². The van der Waals surface area contributed by atoms with E-state index < -0.39 is 6.10 Å². The number of nitrogens with one attached hydrogen (secondary N) is 1. The van der Waals surface area contributed by atoms with Crippen LogP contribution >= 0.6 is 11.6 Å². The highest BCUT2D eigenvalue weighted by atomic mass is 35.5. The van der Waals surface area contributed by atoms with E-state index in [0.717, 1.165) is 5.69 Å². The van der Waals surface area contributed by atoms with Crippen molar-refractivity contribution < 1.29 is 19.3 Å². The lowest BCUT2D eigenvalue weighted by Crippen LogP contribution is -2.06. The monoisotopic (exact) mass is 337 g/mol. The van der Waals surface area contributed by atoms with Crippen LogP contribution in [0.2, 0.25) is 5.02 Å². The molecule has 0 radical (unpaired) electrons. The Balaban J connectivity index is 2.55. The zero-order chi connectivity index (χ0) is 17.0. The van der Waals surface area contributed by atoms with Crippen molar-refractivity contribution in [2.75, 3.05) is 33.7 Å². The third-order valence-corrected chi connectivity index (χ3v) is 3.82. The molecule has 2 aromatic carbocycles. The van der Waals surface area contributed by atoms with E-state index in [0.29, 0.717) is 33.4 Å². The third-order valence-electron chi connectivity index (χ3n) is 3.58. The summed E-state index contributed by atoms with van der Waals surface area (Å²) < 4.78 is 16.0. The number of aliphatic hydroxyl groups is 1. The Bertz CT molecular complexity index is 665. The van der Waals surface area contributed by atoms with E-state index >= 15 is 0 Å². The van der Waals surface area contributed by atoms with E-state index in [1.54, 1.807) is 31.3 Å². The van der Waals surface area contributed by atoms with Gasteiger partial charge in [-0.25, -0.2) is 0 Å². The summed E-state index contributed by atoms with van der Waals surface area (Å²) in [5.41, 5.74) is 2.06. The molecule has 0 bridgehead atoms. The summed E-state index contributed by atoms with van der Waals surface area (Å²) in [4.78, 5) is 0. The van der Waals surface area contributed by atoms with Crippen molar-refractivity contribution in [2.45, 2.75) is 6.10 Å². The van der Waals surface area contributed by atoms with Gasteiger partial charge in [-0.2, -0.15) is 0 Å². The summed E-state index contributed by atoms with van der Waals surface area (Å²) in [5.74, 6) is 1.44. The van der Waals surface area contributed by atoms with Crippen molar-refractivity contribution in [1.82, 2.24) is 0 Å². The average molecular weight is 338 g/mol. The van der Waals surface area contributed by atoms with Crippen LogP contribution in [0.3, 0.4) is 0 Å². The number of anilines is 1. The summed E-state index contributed by atoms with van der Waals surface area (Å²) in [7, 11) is 6.39. The minimum Gasteiger partial charge on any atom is -0.493 e. The van der Waals surface area contributed by atoms with E-state index in [1.807, 2.05) is 6.07 Å². The van der Waals surface area contributed by atoms with Gasteiger partial charge in [0.1, 0.15) is 6.10 Å². The minimum absolute atomic E-state index is 0.478. The van der Waals surface area contributed by atoms with Gasteiger partial charge in [0, 0.05) is 23.3 Å². The van der Waals surface area contributed by atoms with Crippen molar-refractivity contribution in [3.63, 3.8) is 0 Å². The molecule has 0 saturated carbocycles. The fraction of sp³-hybridized carbons (Fsp3) is 0.294. The number of rotatable bonds is 6. The quantitative estimate of drug-likeness (QED) is 0.845. The molecule has 0 aliphatic rings. The molecule has 1 atom stereocenters. The molecule has 23 heavy (non-hydrogen) atoms. The van der Waals surface area contributed by atoms with E-state index in [-0.39, 0.29) is 0 Å². The molecule has 0 spiro atoms. The summed E-state index contributed by atoms with van der Waals surface area (Å²) in [6, 6.07) is 8.73. The van der Waals surface area contributed by atoms with Crippen LogP contribution in [0.25, 0.3) is 0 Å². The fourth-order valence-electron chi connectivity index (χ4n) is 2.43. The van der Waals surface area contributed by atoms with E-state index in [4.69, 9.17) is 25.8 Å². The van der Waals surface area contributed by atoms with Crippen LogP contribution in [0.5, 0.6) is 17.2 Å². The molecule has 0 fully saturated rings. The van der Waals surface area contributed by atoms with Crippen LogP contribution in [-0.4, -0.2) is 33.5 Å². The lowest BCUT2D eigenvalue weighted by molar-refractivity contribution is 0.219. The van der Waals surface area contributed by atoms with E-state index in [2.05, 4.69) is 5.32 Å². The molecule has 1 unspecified atom stereocenters. The molecule has 2 aromatic rings. The summed E-state index contributed by atoms with van der Waals surface area (Å²) in [5, 5.41) is 14.4. The second kappa shape index (κ2) is 7.44. The minimum atomic E-state index is -0.898. The van der Waals surface area contributed by atoms with Crippen LogP contribution < -0.4 is 19.5 Å². The Hall–Kier alpha value is -2.11. The highest BCUT2D eigenvalue weighted by Gasteiger charge is 2.20. The smallest absolute Gasteiger partial charge is 0.203 e. The summed E-state index contributed by atoms with van der Waals surface area (Å²) >= 11 is 6.06. The molecule has 6 heteroatoms. The van der Waals surface area contributed by atoms with Gasteiger partial charge in [-0.05, 0) is 35.9 Å². The van der Waals surface area contributed by atoms with Crippen LogP contribution in [-0.2, 0) is 0 Å². The number of aliphatic hydroxyl groups excluding tert-OH is 1. The maximum absolute atomic E-state index is 10.8. The molecule has 0 aliphatic carbocycles. The lowest BCUT2D eigenvalue weighted by Gasteiger charge is -2.19. The molecule has 124 valence electrons. The molecule has 0 heterocycles. The molecule has 0 amide bonds. The zero-order valence-electron chi connectivity index (χ0n) is 13.5. The van der Waals surface area contributed by atoms with E-state index in [1.165, 1.54) is 21.3 Å². The number of benzene rings is 2. The first-order valence-corrected chi connectivity index (χ1v) is 7.38. The maximum atomic E-state index is 10.8. The second-order valence-electron chi connectivity index (χ2n) is 4.84. The predicted molar refractivity (Wildman–Crippen MR) is 91.2 cm³/mol. The van der Waals surface area contributed by atoms with Gasteiger partial charge >= 0.3 is 0 Å². The van der Waals surface area contributed by atoms with Crippen LogP contribution in [0.15, 0.2) is 30.3 Å². The van der Waals surface area contributed by atoms with Gasteiger partial charge in [-0.1, -0.05) is 11.6 Å². The number of hydrogen-bond donors (Lipinski definition) is 2. The first-order chi connectivity index (χ1) is 11.0. The summed E-state index contributed by atoms with van der Waals surface area (Å²) in [6.07, 6.45) is -0.898. The van der Waals surface area contributed by atoms with Crippen LogP contribution in [0.4, 0.5) is 5.69 Å². The molecular weight excluding hydrogens is 318 g/mol. The maximum Gasteiger partial charge on any atom is 0.203 e. The predicted octanol–water partition coefficient (Wildman–Crippen LogP) is 3.49. The van der Waals surface area contributed by atoms with Gasteiger partial charge in [-0.3, -0.25) is 0 Å². The van der Waals surface area contributed by atoms with Crippen molar-refractivity contribution in [2.24, 2.45) is 0 Å². The molecule has 2 rings (SSSR count). The van der Waals surface area contributed by atoms with Crippen molar-refractivity contribution >= 4 is 17.3 Å².